The van der Waals surface area contributed by atoms with E-state index in [-0.39, 0.29) is 23.6 Å². The molecule has 0 unspecified atom stereocenters. The number of rotatable bonds is 7. The van der Waals surface area contributed by atoms with Gasteiger partial charge in [0.05, 0.1) is 29.5 Å². The number of nitrogens with zero attached hydrogens (tertiary/aromatic N) is 3. The van der Waals surface area contributed by atoms with Gasteiger partial charge in [0, 0.05) is 11.5 Å². The molecule has 4 heterocycles. The number of carboxylic acids is 1. The quantitative estimate of drug-likeness (QED) is 0.333. The smallest absolute Gasteiger partial charge is 0.352 e. The van der Waals surface area contributed by atoms with E-state index >= 15 is 0 Å². The Labute approximate surface area is 170 Å². The molecule has 29 heavy (non-hydrogen) atoms. The molecule has 2 aromatic heterocycles. The highest BCUT2D eigenvalue weighted by Gasteiger charge is 2.60. The van der Waals surface area contributed by atoms with Crippen LogP contribution in [0.3, 0.4) is 0 Å². The molecule has 0 aliphatic carbocycles. The van der Waals surface area contributed by atoms with Crippen molar-refractivity contribution < 1.29 is 29.2 Å². The van der Waals surface area contributed by atoms with Crippen molar-refractivity contribution in [1.29, 1.82) is 0 Å². The van der Waals surface area contributed by atoms with Crippen molar-refractivity contribution in [3.63, 3.8) is 0 Å². The van der Waals surface area contributed by atoms with E-state index in [1.165, 1.54) is 4.90 Å². The molecule has 4 rings (SSSR count). The Kier molecular flexibility index (Phi) is 4.70. The number of hydrogen-bond donors (Lipinski definition) is 3. The maximum Gasteiger partial charge on any atom is 0.352 e. The minimum Gasteiger partial charge on any atom is -0.477 e. The summed E-state index contributed by atoms with van der Waals surface area (Å²) in [5, 5.41) is 22.4. The van der Waals surface area contributed by atoms with Crippen LogP contribution in [0.15, 0.2) is 23.8 Å². The van der Waals surface area contributed by atoms with Crippen LogP contribution in [0.1, 0.15) is 24.4 Å². The maximum absolute atomic E-state index is 12.4. The van der Waals surface area contributed by atoms with Gasteiger partial charge in [-0.15, -0.1) is 0 Å². The van der Waals surface area contributed by atoms with Crippen LogP contribution in [-0.4, -0.2) is 49.9 Å². The van der Waals surface area contributed by atoms with Crippen molar-refractivity contribution in [1.82, 2.24) is 14.6 Å². The van der Waals surface area contributed by atoms with Gasteiger partial charge < -0.3 is 20.4 Å². The molecule has 4 atom stereocenters. The van der Waals surface area contributed by atoms with Crippen LogP contribution in [0.2, 0.25) is 0 Å². The normalized spacial score (nSPS) is 24.6. The van der Waals surface area contributed by atoms with Gasteiger partial charge in [0.1, 0.15) is 24.1 Å². The Hall–Kier alpha value is -2.72. The zero-order valence-electron chi connectivity index (χ0n) is 16.3. The van der Waals surface area contributed by atoms with Crippen LogP contribution in [0.4, 0.5) is 0 Å². The SMILES string of the molecule is Cc1sc2c[n+](CC3=C(C(=O)O)N4C(=O)[C@H]([C@@H](C)O)[C@H]4[C@H]3C)cn2c1CNC=O. The van der Waals surface area contributed by atoms with Gasteiger partial charge in [-0.2, -0.15) is 4.40 Å². The molecule has 1 fully saturated rings. The van der Waals surface area contributed by atoms with Crippen molar-refractivity contribution >= 4 is 34.5 Å². The number of nitrogens with one attached hydrogen (secondary N) is 1. The number of carbonyl (C=O) groups is 3. The summed E-state index contributed by atoms with van der Waals surface area (Å²) in [7, 11) is 0. The van der Waals surface area contributed by atoms with E-state index in [1.807, 2.05) is 35.3 Å². The first-order valence-corrected chi connectivity index (χ1v) is 10.2. The van der Waals surface area contributed by atoms with Crippen LogP contribution in [0.25, 0.3) is 4.83 Å². The van der Waals surface area contributed by atoms with Crippen LogP contribution in [-0.2, 0) is 27.5 Å². The topological polar surface area (TPSA) is 115 Å². The molecule has 2 aliphatic rings. The van der Waals surface area contributed by atoms with Gasteiger partial charge in [0.25, 0.3) is 0 Å². The molecule has 1 saturated heterocycles. The van der Waals surface area contributed by atoms with Crippen LogP contribution in [0, 0.1) is 18.8 Å². The number of carboxylic acid groups (broad SMARTS) is 1. The summed E-state index contributed by atoms with van der Waals surface area (Å²) in [6.45, 7) is 6.21. The Morgan fingerprint density at radius 1 is 1.48 bits per heavy atom. The number of aliphatic carboxylic acids is 1. The fourth-order valence-electron chi connectivity index (χ4n) is 4.59. The lowest BCUT2D eigenvalue weighted by Crippen LogP contribution is -2.63. The number of carbonyl (C=O) groups excluding carboxylic acids is 2. The molecule has 10 heteroatoms. The molecule has 0 aromatic carbocycles. The molecular weight excluding hydrogens is 396 g/mol. The molecule has 0 bridgehead atoms. The monoisotopic (exact) mass is 419 g/mol. The lowest BCUT2D eigenvalue weighted by Gasteiger charge is -2.46. The van der Waals surface area contributed by atoms with Crippen LogP contribution < -0.4 is 9.88 Å². The number of aromatic nitrogens is 2. The second kappa shape index (κ2) is 6.96. The lowest BCUT2D eigenvalue weighted by atomic mass is 9.78. The number of aryl methyl sites for hydroxylation is 1. The number of hydrogen-bond acceptors (Lipinski definition) is 5. The average Bonchev–Trinajstić information content (AvgIpc) is 3.22. The fraction of sp³-hybridized carbons (Fsp3) is 0.474. The van der Waals surface area contributed by atoms with Gasteiger partial charge in [-0.05, 0) is 13.8 Å². The van der Waals surface area contributed by atoms with Crippen molar-refractivity contribution in [3.05, 3.63) is 34.4 Å². The van der Waals surface area contributed by atoms with E-state index in [1.54, 1.807) is 18.3 Å². The van der Waals surface area contributed by atoms with Gasteiger partial charge in [0.2, 0.25) is 23.5 Å². The number of aliphatic hydroxyl groups is 1. The van der Waals surface area contributed by atoms with Crippen molar-refractivity contribution in [2.75, 3.05) is 0 Å². The molecular formula is C19H23N4O5S+. The van der Waals surface area contributed by atoms with Gasteiger partial charge in [0.15, 0.2) is 0 Å². The van der Waals surface area contributed by atoms with E-state index < -0.39 is 18.0 Å². The van der Waals surface area contributed by atoms with Gasteiger partial charge in [-0.1, -0.05) is 18.3 Å². The molecule has 0 saturated carbocycles. The molecule has 2 amide bonds. The maximum atomic E-state index is 12.4. The van der Waals surface area contributed by atoms with Crippen molar-refractivity contribution in [3.8, 4) is 0 Å². The minimum atomic E-state index is -1.12. The summed E-state index contributed by atoms with van der Waals surface area (Å²) in [4.78, 5) is 38.4. The van der Waals surface area contributed by atoms with Crippen molar-refractivity contribution in [2.24, 2.45) is 11.8 Å². The Bertz CT molecular complexity index is 1050. The van der Waals surface area contributed by atoms with Gasteiger partial charge in [-0.25, -0.2) is 9.36 Å². The molecule has 9 nitrogen and oxygen atoms in total. The van der Waals surface area contributed by atoms with Crippen LogP contribution >= 0.6 is 11.3 Å². The predicted octanol–water partition coefficient (Wildman–Crippen LogP) is 0.0389. The zero-order valence-corrected chi connectivity index (χ0v) is 17.1. The van der Waals surface area contributed by atoms with Gasteiger partial charge in [-0.3, -0.25) is 9.59 Å². The first kappa shape index (κ1) is 19.6. The Morgan fingerprint density at radius 2 is 2.21 bits per heavy atom. The molecule has 2 aromatic rings. The first-order valence-electron chi connectivity index (χ1n) is 9.40. The number of imidazole rings is 1. The summed E-state index contributed by atoms with van der Waals surface area (Å²) < 4.78 is 3.88. The third kappa shape index (κ3) is 2.85. The average molecular weight is 419 g/mol. The van der Waals surface area contributed by atoms with E-state index in [0.717, 1.165) is 15.4 Å². The summed E-state index contributed by atoms with van der Waals surface area (Å²) in [6.07, 6.45) is 3.66. The summed E-state index contributed by atoms with van der Waals surface area (Å²) >= 11 is 1.59. The largest absolute Gasteiger partial charge is 0.477 e. The highest BCUT2D eigenvalue weighted by molar-refractivity contribution is 7.17. The number of fused-ring (bicyclic) bond motifs is 2. The number of β-lactam (4-membered cyclic amide) rings is 1. The third-order valence-corrected chi connectivity index (χ3v) is 7.01. The summed E-state index contributed by atoms with van der Waals surface area (Å²) in [5.74, 6) is -2.19. The zero-order chi connectivity index (χ0) is 21.0. The number of thiazole rings is 1. The second-order valence-electron chi connectivity index (χ2n) is 7.66. The summed E-state index contributed by atoms with van der Waals surface area (Å²) in [6, 6.07) is -0.317. The third-order valence-electron chi connectivity index (χ3n) is 5.96. The number of amides is 2. The standard InChI is InChI=1S/C19H22N4O5S/c1-9-12(17(19(27)28)23-16(9)15(10(2)25)18(23)26)5-21-6-14-22(8-21)13(4-20-7-24)11(3)29-14/h6-10,15-16,25H,4-5H2,1-3H3,(H-,20,24,27,28)/p+1/t9-,10+,15+,16+/m0/s1. The fourth-order valence-corrected chi connectivity index (χ4v) is 5.64. The second-order valence-corrected chi connectivity index (χ2v) is 8.90. The molecule has 2 aliphatic heterocycles. The highest BCUT2D eigenvalue weighted by atomic mass is 32.1. The number of aliphatic hydroxyl groups excluding tert-OH is 1. The molecule has 0 spiro atoms. The molecule has 0 radical (unpaired) electrons. The van der Waals surface area contributed by atoms with Gasteiger partial charge >= 0.3 is 5.97 Å². The Morgan fingerprint density at radius 3 is 2.83 bits per heavy atom. The molecule has 3 N–H and O–H groups in total. The van der Waals surface area contributed by atoms with E-state index in [0.29, 0.717) is 25.1 Å². The molecule has 154 valence electrons. The lowest BCUT2D eigenvalue weighted by molar-refractivity contribution is -0.688. The van der Waals surface area contributed by atoms with E-state index in [4.69, 9.17) is 0 Å². The first-order chi connectivity index (χ1) is 13.8. The van der Waals surface area contributed by atoms with Crippen LogP contribution in [0.5, 0.6) is 0 Å². The van der Waals surface area contributed by atoms with E-state index in [2.05, 4.69) is 5.32 Å². The highest BCUT2D eigenvalue weighted by Crippen LogP contribution is 2.47. The Balaban J connectivity index is 1.68. The minimum absolute atomic E-state index is 0.0329. The van der Waals surface area contributed by atoms with E-state index in [9.17, 15) is 24.6 Å². The van der Waals surface area contributed by atoms with Crippen molar-refractivity contribution in [2.45, 2.75) is 46.0 Å². The summed E-state index contributed by atoms with van der Waals surface area (Å²) in [5.41, 5.74) is 1.67. The predicted molar refractivity (Wildman–Crippen MR) is 103 cm³/mol.